The van der Waals surface area contributed by atoms with Gasteiger partial charge < -0.3 is 9.84 Å². The second-order valence-electron chi connectivity index (χ2n) is 3.77. The summed E-state index contributed by atoms with van der Waals surface area (Å²) in [4.78, 5) is 0. The molecule has 2 aromatic rings. The predicted molar refractivity (Wildman–Crippen MR) is 71.3 cm³/mol. The number of para-hydroxylation sites is 1. The molecule has 1 N–H and O–H groups in total. The standard InChI is InChI=1S/C14H13BrO2/c1-10(16)13-4-2-3-5-14(13)17-12-8-6-11(15)7-9-12/h2-10,16H,1H3/t10-/m0/s1. The molecule has 0 bridgehead atoms. The molecule has 0 fully saturated rings. The van der Waals surface area contributed by atoms with Gasteiger partial charge in [-0.2, -0.15) is 0 Å². The van der Waals surface area contributed by atoms with Gasteiger partial charge in [-0.25, -0.2) is 0 Å². The highest BCUT2D eigenvalue weighted by Crippen LogP contribution is 2.29. The van der Waals surface area contributed by atoms with Crippen molar-refractivity contribution < 1.29 is 9.84 Å². The second-order valence-corrected chi connectivity index (χ2v) is 4.69. The first-order valence-electron chi connectivity index (χ1n) is 5.37. The first-order valence-corrected chi connectivity index (χ1v) is 6.16. The molecular weight excluding hydrogens is 280 g/mol. The van der Waals surface area contributed by atoms with Gasteiger partial charge in [-0.1, -0.05) is 34.1 Å². The number of hydrogen-bond donors (Lipinski definition) is 1. The summed E-state index contributed by atoms with van der Waals surface area (Å²) < 4.78 is 6.75. The van der Waals surface area contributed by atoms with Crippen LogP contribution in [-0.4, -0.2) is 5.11 Å². The predicted octanol–water partition coefficient (Wildman–Crippen LogP) is 4.29. The smallest absolute Gasteiger partial charge is 0.133 e. The van der Waals surface area contributed by atoms with Gasteiger partial charge in [-0.15, -0.1) is 0 Å². The normalized spacial score (nSPS) is 12.2. The molecule has 2 nitrogen and oxygen atoms in total. The lowest BCUT2D eigenvalue weighted by molar-refractivity contribution is 0.195. The Kier molecular flexibility index (Phi) is 3.82. The van der Waals surface area contributed by atoms with Gasteiger partial charge in [0.2, 0.25) is 0 Å². The molecule has 0 saturated heterocycles. The minimum Gasteiger partial charge on any atom is -0.457 e. The van der Waals surface area contributed by atoms with Crippen molar-refractivity contribution in [2.24, 2.45) is 0 Å². The van der Waals surface area contributed by atoms with E-state index in [0.29, 0.717) is 5.75 Å². The molecule has 88 valence electrons. The van der Waals surface area contributed by atoms with Gasteiger partial charge in [0.1, 0.15) is 11.5 Å². The summed E-state index contributed by atoms with van der Waals surface area (Å²) in [5, 5.41) is 9.64. The van der Waals surface area contributed by atoms with E-state index in [4.69, 9.17) is 4.74 Å². The van der Waals surface area contributed by atoms with Gasteiger partial charge in [0.25, 0.3) is 0 Å². The summed E-state index contributed by atoms with van der Waals surface area (Å²) in [6.45, 7) is 1.73. The number of halogens is 1. The molecule has 2 rings (SSSR count). The maximum atomic E-state index is 9.64. The van der Waals surface area contributed by atoms with Crippen molar-refractivity contribution in [3.8, 4) is 11.5 Å². The van der Waals surface area contributed by atoms with Crippen LogP contribution in [0.2, 0.25) is 0 Å². The Morgan fingerprint density at radius 2 is 1.71 bits per heavy atom. The first-order chi connectivity index (χ1) is 8.16. The quantitative estimate of drug-likeness (QED) is 0.914. The van der Waals surface area contributed by atoms with Crippen LogP contribution in [0.1, 0.15) is 18.6 Å². The van der Waals surface area contributed by atoms with Crippen molar-refractivity contribution in [3.05, 3.63) is 58.6 Å². The number of hydrogen-bond acceptors (Lipinski definition) is 2. The van der Waals surface area contributed by atoms with Crippen LogP contribution in [0.4, 0.5) is 0 Å². The highest BCUT2D eigenvalue weighted by atomic mass is 79.9. The van der Waals surface area contributed by atoms with E-state index in [1.54, 1.807) is 6.92 Å². The Morgan fingerprint density at radius 3 is 2.35 bits per heavy atom. The molecular formula is C14H13BrO2. The van der Waals surface area contributed by atoms with E-state index < -0.39 is 6.10 Å². The number of aliphatic hydroxyl groups excluding tert-OH is 1. The van der Waals surface area contributed by atoms with Crippen LogP contribution >= 0.6 is 15.9 Å². The van der Waals surface area contributed by atoms with Crippen molar-refractivity contribution in [1.29, 1.82) is 0 Å². The summed E-state index contributed by atoms with van der Waals surface area (Å²) in [7, 11) is 0. The Morgan fingerprint density at radius 1 is 1.06 bits per heavy atom. The first kappa shape index (κ1) is 12.1. The fourth-order valence-corrected chi connectivity index (χ4v) is 1.81. The van der Waals surface area contributed by atoms with E-state index in [1.165, 1.54) is 0 Å². The number of aliphatic hydroxyl groups is 1. The summed E-state index contributed by atoms with van der Waals surface area (Å²) in [6, 6.07) is 15.1. The Hall–Kier alpha value is -1.32. The second kappa shape index (κ2) is 5.34. The average molecular weight is 293 g/mol. The lowest BCUT2D eigenvalue weighted by atomic mass is 10.1. The van der Waals surface area contributed by atoms with Crippen LogP contribution in [0.15, 0.2) is 53.0 Å². The molecule has 0 aliphatic rings. The van der Waals surface area contributed by atoms with E-state index in [0.717, 1.165) is 15.8 Å². The molecule has 0 aliphatic carbocycles. The summed E-state index contributed by atoms with van der Waals surface area (Å²) in [5.41, 5.74) is 0.787. The minimum atomic E-state index is -0.540. The van der Waals surface area contributed by atoms with Crippen LogP contribution in [0, 0.1) is 0 Å². The van der Waals surface area contributed by atoms with Gasteiger partial charge in [0, 0.05) is 10.0 Å². The summed E-state index contributed by atoms with van der Waals surface area (Å²) in [6.07, 6.45) is -0.540. The van der Waals surface area contributed by atoms with Crippen molar-refractivity contribution in [2.45, 2.75) is 13.0 Å². The molecule has 0 amide bonds. The largest absolute Gasteiger partial charge is 0.457 e. The Bertz CT molecular complexity index is 492. The third kappa shape index (κ3) is 3.08. The zero-order valence-corrected chi connectivity index (χ0v) is 11.0. The number of benzene rings is 2. The van der Waals surface area contributed by atoms with Crippen molar-refractivity contribution in [1.82, 2.24) is 0 Å². The van der Waals surface area contributed by atoms with Crippen LogP contribution in [0.3, 0.4) is 0 Å². The molecule has 0 radical (unpaired) electrons. The third-order valence-electron chi connectivity index (χ3n) is 2.41. The molecule has 0 aliphatic heterocycles. The van der Waals surface area contributed by atoms with E-state index in [9.17, 15) is 5.11 Å². The molecule has 0 saturated carbocycles. The van der Waals surface area contributed by atoms with Gasteiger partial charge in [0.15, 0.2) is 0 Å². The fraction of sp³-hybridized carbons (Fsp3) is 0.143. The average Bonchev–Trinajstić information content (AvgIpc) is 2.32. The highest BCUT2D eigenvalue weighted by Gasteiger charge is 2.08. The van der Waals surface area contributed by atoms with Crippen LogP contribution in [-0.2, 0) is 0 Å². The van der Waals surface area contributed by atoms with Crippen molar-refractivity contribution >= 4 is 15.9 Å². The molecule has 1 atom stereocenters. The van der Waals surface area contributed by atoms with E-state index >= 15 is 0 Å². The highest BCUT2D eigenvalue weighted by molar-refractivity contribution is 9.10. The van der Waals surface area contributed by atoms with Crippen LogP contribution < -0.4 is 4.74 Å². The zero-order valence-electron chi connectivity index (χ0n) is 9.43. The zero-order chi connectivity index (χ0) is 12.3. The maximum Gasteiger partial charge on any atom is 0.133 e. The molecule has 0 heterocycles. The van der Waals surface area contributed by atoms with Crippen molar-refractivity contribution in [3.63, 3.8) is 0 Å². The lowest BCUT2D eigenvalue weighted by Crippen LogP contribution is -1.95. The SMILES string of the molecule is C[C@H](O)c1ccccc1Oc1ccc(Br)cc1. The molecule has 0 spiro atoms. The molecule has 0 aromatic heterocycles. The monoisotopic (exact) mass is 292 g/mol. The number of ether oxygens (including phenoxy) is 1. The summed E-state index contributed by atoms with van der Waals surface area (Å²) in [5.74, 6) is 1.44. The van der Waals surface area contributed by atoms with E-state index in [1.807, 2.05) is 48.5 Å². The molecule has 0 unspecified atom stereocenters. The van der Waals surface area contributed by atoms with Crippen LogP contribution in [0.5, 0.6) is 11.5 Å². The Labute approximate surface area is 109 Å². The fourth-order valence-electron chi connectivity index (χ4n) is 1.55. The van der Waals surface area contributed by atoms with E-state index in [-0.39, 0.29) is 0 Å². The van der Waals surface area contributed by atoms with E-state index in [2.05, 4.69) is 15.9 Å². The van der Waals surface area contributed by atoms with Crippen LogP contribution in [0.25, 0.3) is 0 Å². The number of rotatable bonds is 3. The van der Waals surface area contributed by atoms with Gasteiger partial charge in [-0.05, 0) is 37.3 Å². The lowest BCUT2D eigenvalue weighted by Gasteiger charge is -2.12. The van der Waals surface area contributed by atoms with Crippen molar-refractivity contribution in [2.75, 3.05) is 0 Å². The molecule has 17 heavy (non-hydrogen) atoms. The van der Waals surface area contributed by atoms with Gasteiger partial charge in [-0.3, -0.25) is 0 Å². The maximum absolute atomic E-state index is 9.64. The summed E-state index contributed by atoms with van der Waals surface area (Å²) >= 11 is 3.37. The molecule has 2 aromatic carbocycles. The Balaban J connectivity index is 2.26. The molecule has 3 heteroatoms. The van der Waals surface area contributed by atoms with Gasteiger partial charge in [0.05, 0.1) is 6.10 Å². The third-order valence-corrected chi connectivity index (χ3v) is 2.94. The minimum absolute atomic E-state index is 0.540. The topological polar surface area (TPSA) is 29.5 Å². The van der Waals surface area contributed by atoms with Gasteiger partial charge >= 0.3 is 0 Å².